The van der Waals surface area contributed by atoms with Crippen molar-refractivity contribution in [1.82, 2.24) is 0 Å². The van der Waals surface area contributed by atoms with E-state index in [-0.39, 0.29) is 0 Å². The Labute approximate surface area is 245 Å². The minimum atomic E-state index is -1.79. The van der Waals surface area contributed by atoms with Gasteiger partial charge in [0.25, 0.3) is 0 Å². The van der Waals surface area contributed by atoms with Crippen LogP contribution in [0.15, 0.2) is 121 Å². The molecule has 0 fully saturated rings. The molecule has 0 aliphatic rings. The Bertz CT molecular complexity index is 1760. The molecule has 6 aromatic rings. The number of hydrogen-bond donors (Lipinski definition) is 0. The average molecular weight is 545 g/mol. The molecule has 41 heavy (non-hydrogen) atoms. The van der Waals surface area contributed by atoms with Crippen LogP contribution in [0.3, 0.4) is 0 Å². The number of rotatable bonds is 6. The Balaban J connectivity index is 1.14. The summed E-state index contributed by atoms with van der Waals surface area (Å²) in [6.07, 6.45) is 8.85. The van der Waals surface area contributed by atoms with E-state index in [1.54, 1.807) is 0 Å². The predicted octanol–water partition coefficient (Wildman–Crippen LogP) is 9.77. The first-order chi connectivity index (χ1) is 19.8. The van der Waals surface area contributed by atoms with Gasteiger partial charge in [0.05, 0.1) is 0 Å². The first-order valence-corrected chi connectivity index (χ1v) is 17.4. The molecule has 0 nitrogen and oxygen atoms in total. The largest absolute Gasteiger partial charge is 0.112 e. The van der Waals surface area contributed by atoms with E-state index in [1.807, 2.05) is 0 Å². The van der Waals surface area contributed by atoms with Crippen LogP contribution < -0.4 is 10.4 Å². The summed E-state index contributed by atoms with van der Waals surface area (Å²) >= 11 is 0. The van der Waals surface area contributed by atoms with Gasteiger partial charge < -0.3 is 0 Å². The molecule has 0 aromatic heterocycles. The first kappa shape index (κ1) is 26.7. The van der Waals surface area contributed by atoms with Gasteiger partial charge in [-0.15, -0.1) is 0 Å². The van der Waals surface area contributed by atoms with Gasteiger partial charge in [0.2, 0.25) is 0 Å². The molecule has 0 heterocycles. The summed E-state index contributed by atoms with van der Waals surface area (Å²) in [6.45, 7) is 9.16. The van der Waals surface area contributed by atoms with Crippen LogP contribution in [-0.2, 0) is 0 Å². The van der Waals surface area contributed by atoms with Gasteiger partial charge in [-0.2, -0.15) is 0 Å². The lowest BCUT2D eigenvalue weighted by Crippen LogP contribution is -2.52. The molecule has 0 radical (unpaired) electrons. The van der Waals surface area contributed by atoms with E-state index in [2.05, 4.69) is 173 Å². The molecule has 0 unspecified atom stereocenters. The normalized spacial score (nSPS) is 12.2. The average Bonchev–Trinajstić information content (AvgIpc) is 2.99. The summed E-state index contributed by atoms with van der Waals surface area (Å²) in [5, 5.41) is 8.05. The fourth-order valence-electron chi connectivity index (χ4n) is 5.55. The van der Waals surface area contributed by atoms with E-state index in [4.69, 9.17) is 0 Å². The van der Waals surface area contributed by atoms with E-state index >= 15 is 0 Å². The second kappa shape index (κ2) is 11.2. The molecule has 0 aliphatic heterocycles. The fourth-order valence-corrected chi connectivity index (χ4v) is 7.88. The van der Waals surface area contributed by atoms with Crippen LogP contribution >= 0.6 is 0 Å². The SMILES string of the molecule is Cc1ccc2cc(/C=C/c3ccc([Si](C)(C)c4ccc(/C=C/c5ccc6cc(C)ccc6c5)cc4)cc3)ccc2c1. The Kier molecular flexibility index (Phi) is 7.30. The summed E-state index contributed by atoms with van der Waals surface area (Å²) in [7, 11) is -1.79. The Hall–Kier alpha value is -4.46. The van der Waals surface area contributed by atoms with Crippen LogP contribution in [0.4, 0.5) is 0 Å². The maximum atomic E-state index is 2.44. The van der Waals surface area contributed by atoms with Crippen molar-refractivity contribution in [3.05, 3.63) is 155 Å². The van der Waals surface area contributed by atoms with Crippen LogP contribution in [0.5, 0.6) is 0 Å². The molecule has 0 amide bonds. The van der Waals surface area contributed by atoms with Gasteiger partial charge in [0, 0.05) is 0 Å². The minimum absolute atomic E-state index is 1.23. The molecule has 0 bridgehead atoms. The Morgan fingerprint density at radius 3 is 1.10 bits per heavy atom. The zero-order valence-electron chi connectivity index (χ0n) is 24.4. The molecule has 0 N–H and O–H groups in total. The lowest BCUT2D eigenvalue weighted by molar-refractivity contribution is 1.50. The second-order valence-electron chi connectivity index (χ2n) is 11.8. The molecule has 0 spiro atoms. The van der Waals surface area contributed by atoms with Crippen LogP contribution in [0, 0.1) is 13.8 Å². The summed E-state index contributed by atoms with van der Waals surface area (Å²) in [4.78, 5) is 0. The van der Waals surface area contributed by atoms with Gasteiger partial charge in [-0.1, -0.05) is 168 Å². The number of benzene rings is 6. The third-order valence-corrected chi connectivity index (χ3v) is 11.8. The molecule has 6 rings (SSSR count). The smallest absolute Gasteiger partial charge is 0.0620 e. The van der Waals surface area contributed by atoms with Crippen LogP contribution in [0.25, 0.3) is 45.8 Å². The quantitative estimate of drug-likeness (QED) is 0.145. The summed E-state index contributed by atoms with van der Waals surface area (Å²) < 4.78 is 0. The van der Waals surface area contributed by atoms with Gasteiger partial charge in [-0.05, 0) is 69.8 Å². The van der Waals surface area contributed by atoms with Crippen LogP contribution in [-0.4, -0.2) is 8.07 Å². The molecule has 0 aliphatic carbocycles. The van der Waals surface area contributed by atoms with Gasteiger partial charge in [0.1, 0.15) is 8.07 Å². The fraction of sp³-hybridized carbons (Fsp3) is 0.100. The standard InChI is InChI=1S/C40H36Si/c1-29-5-17-37-27-33(11-19-35(37)25-29)9-7-31-13-21-39(22-14-31)41(3,4)40-23-15-32(16-24-40)8-10-34-12-20-36-26-30(2)6-18-38(36)28-34/h5-28H,1-4H3/b9-7+,10-8+. The Morgan fingerprint density at radius 2 is 0.683 bits per heavy atom. The maximum absolute atomic E-state index is 2.44. The molecular formula is C40H36Si. The molecule has 0 atom stereocenters. The predicted molar refractivity (Wildman–Crippen MR) is 185 cm³/mol. The zero-order valence-corrected chi connectivity index (χ0v) is 25.4. The van der Waals surface area contributed by atoms with E-state index in [0.717, 1.165) is 0 Å². The van der Waals surface area contributed by atoms with E-state index < -0.39 is 8.07 Å². The molecule has 200 valence electrons. The molecule has 1 heteroatoms. The first-order valence-electron chi connectivity index (χ1n) is 14.4. The third-order valence-electron chi connectivity index (χ3n) is 8.24. The number of aryl methyl sites for hydroxylation is 2. The topological polar surface area (TPSA) is 0 Å². The second-order valence-corrected chi connectivity index (χ2v) is 16.2. The highest BCUT2D eigenvalue weighted by atomic mass is 28.3. The highest BCUT2D eigenvalue weighted by molar-refractivity contribution is 7.00. The summed E-state index contributed by atoms with van der Waals surface area (Å²) in [5.74, 6) is 0. The van der Waals surface area contributed by atoms with Gasteiger partial charge in [-0.25, -0.2) is 0 Å². The van der Waals surface area contributed by atoms with E-state index in [1.165, 1.54) is 65.3 Å². The van der Waals surface area contributed by atoms with Crippen LogP contribution in [0.2, 0.25) is 13.1 Å². The van der Waals surface area contributed by atoms with Crippen molar-refractivity contribution < 1.29 is 0 Å². The zero-order chi connectivity index (χ0) is 28.4. The van der Waals surface area contributed by atoms with Gasteiger partial charge in [0.15, 0.2) is 0 Å². The van der Waals surface area contributed by atoms with Crippen molar-refractivity contribution in [3.63, 3.8) is 0 Å². The highest BCUT2D eigenvalue weighted by Crippen LogP contribution is 2.21. The molecule has 0 saturated heterocycles. The molecule has 0 saturated carbocycles. The maximum Gasteiger partial charge on any atom is 0.112 e. The van der Waals surface area contributed by atoms with Gasteiger partial charge in [-0.3, -0.25) is 0 Å². The van der Waals surface area contributed by atoms with Crippen molar-refractivity contribution in [1.29, 1.82) is 0 Å². The van der Waals surface area contributed by atoms with E-state index in [0.29, 0.717) is 0 Å². The number of hydrogen-bond acceptors (Lipinski definition) is 0. The lowest BCUT2D eigenvalue weighted by Gasteiger charge is -2.24. The van der Waals surface area contributed by atoms with Crippen molar-refractivity contribution in [3.8, 4) is 0 Å². The minimum Gasteiger partial charge on any atom is -0.0620 e. The lowest BCUT2D eigenvalue weighted by atomic mass is 10.0. The van der Waals surface area contributed by atoms with Crippen molar-refractivity contribution in [2.24, 2.45) is 0 Å². The van der Waals surface area contributed by atoms with Crippen molar-refractivity contribution in [2.45, 2.75) is 26.9 Å². The van der Waals surface area contributed by atoms with Crippen molar-refractivity contribution in [2.75, 3.05) is 0 Å². The van der Waals surface area contributed by atoms with Crippen molar-refractivity contribution >= 4 is 64.3 Å². The molecular weight excluding hydrogens is 509 g/mol. The van der Waals surface area contributed by atoms with Crippen LogP contribution in [0.1, 0.15) is 33.4 Å². The van der Waals surface area contributed by atoms with E-state index in [9.17, 15) is 0 Å². The summed E-state index contributed by atoms with van der Waals surface area (Å²) in [5.41, 5.74) is 7.51. The highest BCUT2D eigenvalue weighted by Gasteiger charge is 2.25. The Morgan fingerprint density at radius 1 is 0.366 bits per heavy atom. The third kappa shape index (κ3) is 6.01. The summed E-state index contributed by atoms with van der Waals surface area (Å²) in [6, 6.07) is 44.9. The monoisotopic (exact) mass is 544 g/mol. The molecule has 6 aromatic carbocycles. The van der Waals surface area contributed by atoms with Gasteiger partial charge >= 0.3 is 0 Å². The number of fused-ring (bicyclic) bond motifs is 2.